The van der Waals surface area contributed by atoms with Crippen molar-refractivity contribution in [2.75, 3.05) is 20.1 Å². The number of carbonyl (C=O) groups is 1. The number of furan rings is 1. The van der Waals surface area contributed by atoms with Crippen LogP contribution in [0.5, 0.6) is 0 Å². The van der Waals surface area contributed by atoms with E-state index in [9.17, 15) is 4.79 Å². The Bertz CT molecular complexity index is 614. The highest BCUT2D eigenvalue weighted by atomic mass is 16.3. The van der Waals surface area contributed by atoms with Crippen LogP contribution < -0.4 is 5.32 Å². The minimum atomic E-state index is -0.155. The molecule has 1 aliphatic heterocycles. The fraction of sp³-hybridized carbons (Fsp3) is 0.462. The second kappa shape index (κ2) is 5.09. The molecule has 0 unspecified atom stereocenters. The first-order valence-corrected chi connectivity index (χ1v) is 6.57. The topological polar surface area (TPSA) is 76.2 Å². The van der Waals surface area contributed by atoms with Gasteiger partial charge in [0, 0.05) is 20.1 Å². The first-order valence-electron chi connectivity index (χ1n) is 6.57. The first kappa shape index (κ1) is 12.9. The van der Waals surface area contributed by atoms with E-state index in [1.165, 1.54) is 0 Å². The number of amides is 1. The zero-order chi connectivity index (χ0) is 14.1. The van der Waals surface area contributed by atoms with Crippen LogP contribution in [0.25, 0.3) is 0 Å². The van der Waals surface area contributed by atoms with Crippen molar-refractivity contribution in [1.29, 1.82) is 0 Å². The van der Waals surface area contributed by atoms with Gasteiger partial charge in [0.2, 0.25) is 0 Å². The van der Waals surface area contributed by atoms with Crippen molar-refractivity contribution in [3.05, 3.63) is 35.5 Å². The molecule has 0 bridgehead atoms. The predicted molar refractivity (Wildman–Crippen MR) is 71.2 cm³/mol. The summed E-state index contributed by atoms with van der Waals surface area (Å²) in [7, 11) is 1.73. The molecule has 3 heterocycles. The maximum Gasteiger partial charge on any atom is 0.276 e. The Hall–Kier alpha value is -2.15. The van der Waals surface area contributed by atoms with Gasteiger partial charge < -0.3 is 14.6 Å². The molecule has 0 aromatic carbocycles. The normalized spacial score (nSPS) is 15.1. The van der Waals surface area contributed by atoms with Gasteiger partial charge in [0.25, 0.3) is 5.91 Å². The van der Waals surface area contributed by atoms with Crippen molar-refractivity contribution in [1.82, 2.24) is 25.2 Å². The summed E-state index contributed by atoms with van der Waals surface area (Å²) in [5.41, 5.74) is 0.364. The molecule has 1 N–H and O–H groups in total. The number of nitrogens with zero attached hydrogens (tertiary/aromatic N) is 4. The fourth-order valence-corrected chi connectivity index (χ4v) is 2.08. The molecule has 1 fully saturated rings. The third kappa shape index (κ3) is 2.44. The molecular formula is C13H17N5O2. The zero-order valence-electron chi connectivity index (χ0n) is 11.5. The van der Waals surface area contributed by atoms with Crippen molar-refractivity contribution in [2.24, 2.45) is 0 Å². The van der Waals surface area contributed by atoms with Gasteiger partial charge in [-0.05, 0) is 19.1 Å². The zero-order valence-corrected chi connectivity index (χ0v) is 11.5. The summed E-state index contributed by atoms with van der Waals surface area (Å²) in [6.07, 6.45) is 1.71. The third-order valence-corrected chi connectivity index (χ3v) is 3.40. The van der Waals surface area contributed by atoms with Crippen LogP contribution in [-0.2, 0) is 6.54 Å². The third-order valence-electron chi connectivity index (χ3n) is 3.40. The Balaban J connectivity index is 1.66. The highest BCUT2D eigenvalue weighted by molar-refractivity contribution is 5.91. The Morgan fingerprint density at radius 1 is 1.55 bits per heavy atom. The monoisotopic (exact) mass is 275 g/mol. The van der Waals surface area contributed by atoms with Gasteiger partial charge in [-0.15, -0.1) is 5.10 Å². The number of aryl methyl sites for hydroxylation is 1. The molecule has 1 amide bonds. The average molecular weight is 275 g/mol. The van der Waals surface area contributed by atoms with E-state index in [-0.39, 0.29) is 5.91 Å². The molecule has 0 radical (unpaired) electrons. The summed E-state index contributed by atoms with van der Waals surface area (Å²) in [6, 6.07) is 4.06. The van der Waals surface area contributed by atoms with E-state index in [4.69, 9.17) is 4.42 Å². The Morgan fingerprint density at radius 2 is 2.35 bits per heavy atom. The summed E-state index contributed by atoms with van der Waals surface area (Å²) >= 11 is 0. The molecule has 0 aliphatic carbocycles. The second-order valence-corrected chi connectivity index (χ2v) is 5.07. The number of hydrogen-bond acceptors (Lipinski definition) is 5. The maximum absolute atomic E-state index is 12.3. The van der Waals surface area contributed by atoms with Crippen molar-refractivity contribution in [3.8, 4) is 0 Å². The molecule has 0 spiro atoms. The lowest BCUT2D eigenvalue weighted by atomic mass is 10.2. The number of hydrogen-bond donors (Lipinski definition) is 1. The van der Waals surface area contributed by atoms with Gasteiger partial charge >= 0.3 is 0 Å². The van der Waals surface area contributed by atoms with Crippen molar-refractivity contribution >= 4 is 5.91 Å². The van der Waals surface area contributed by atoms with Crippen LogP contribution in [-0.4, -0.2) is 45.9 Å². The lowest BCUT2D eigenvalue weighted by Gasteiger charge is -2.26. The van der Waals surface area contributed by atoms with Crippen molar-refractivity contribution in [3.63, 3.8) is 0 Å². The summed E-state index contributed by atoms with van der Waals surface area (Å²) in [5.74, 6) is 1.44. The molecule has 3 rings (SSSR count). The van der Waals surface area contributed by atoms with E-state index >= 15 is 0 Å². The van der Waals surface area contributed by atoms with E-state index in [1.54, 1.807) is 22.8 Å². The van der Waals surface area contributed by atoms with E-state index in [1.807, 2.05) is 19.1 Å². The van der Waals surface area contributed by atoms with Crippen LogP contribution in [0.3, 0.4) is 0 Å². The van der Waals surface area contributed by atoms with E-state index in [0.29, 0.717) is 18.3 Å². The van der Waals surface area contributed by atoms with Crippen LogP contribution in [0.2, 0.25) is 0 Å². The van der Waals surface area contributed by atoms with Crippen LogP contribution in [0.1, 0.15) is 28.1 Å². The number of nitrogens with one attached hydrogen (secondary N) is 1. The highest BCUT2D eigenvalue weighted by Crippen LogP contribution is 2.13. The van der Waals surface area contributed by atoms with Gasteiger partial charge in [-0.3, -0.25) is 4.79 Å². The van der Waals surface area contributed by atoms with Gasteiger partial charge in [-0.2, -0.15) is 0 Å². The van der Waals surface area contributed by atoms with Crippen LogP contribution in [0, 0.1) is 6.92 Å². The predicted octanol–water partition coefficient (Wildman–Crippen LogP) is 0.596. The SMILES string of the molecule is Cc1ccc(CN(C)C(=O)c2cn(C3CNC3)nn2)o1. The van der Waals surface area contributed by atoms with Crippen molar-refractivity contribution in [2.45, 2.75) is 19.5 Å². The number of aromatic nitrogens is 3. The number of carbonyl (C=O) groups excluding carboxylic acids is 1. The highest BCUT2D eigenvalue weighted by Gasteiger charge is 2.23. The van der Waals surface area contributed by atoms with E-state index in [2.05, 4.69) is 15.6 Å². The van der Waals surface area contributed by atoms with Gasteiger partial charge in [0.15, 0.2) is 5.69 Å². The van der Waals surface area contributed by atoms with Gasteiger partial charge in [0.1, 0.15) is 11.5 Å². The standard InChI is InChI=1S/C13H17N5O2/c1-9-3-4-11(20-9)7-17(2)13(19)12-8-18(16-15-12)10-5-14-6-10/h3-4,8,10,14H,5-7H2,1-2H3. The van der Waals surface area contributed by atoms with Crippen molar-refractivity contribution < 1.29 is 9.21 Å². The molecule has 20 heavy (non-hydrogen) atoms. The Morgan fingerprint density at radius 3 is 2.95 bits per heavy atom. The molecule has 0 atom stereocenters. The summed E-state index contributed by atoms with van der Waals surface area (Å²) < 4.78 is 7.21. The molecule has 1 aliphatic rings. The second-order valence-electron chi connectivity index (χ2n) is 5.07. The Kier molecular flexibility index (Phi) is 3.27. The lowest BCUT2D eigenvalue weighted by molar-refractivity contribution is 0.0769. The quantitative estimate of drug-likeness (QED) is 0.884. The lowest BCUT2D eigenvalue weighted by Crippen LogP contribution is -2.43. The van der Waals surface area contributed by atoms with Crippen LogP contribution in [0.15, 0.2) is 22.7 Å². The van der Waals surface area contributed by atoms with Crippen LogP contribution in [0.4, 0.5) is 0 Å². The average Bonchev–Trinajstić information content (AvgIpc) is 2.96. The van der Waals surface area contributed by atoms with E-state index < -0.39 is 0 Å². The fourth-order valence-electron chi connectivity index (χ4n) is 2.08. The minimum Gasteiger partial charge on any atom is -0.464 e. The number of rotatable bonds is 4. The molecular weight excluding hydrogens is 258 g/mol. The molecule has 0 saturated carbocycles. The summed E-state index contributed by atoms with van der Waals surface area (Å²) in [4.78, 5) is 13.8. The minimum absolute atomic E-state index is 0.155. The van der Waals surface area contributed by atoms with Gasteiger partial charge in [-0.25, -0.2) is 4.68 Å². The van der Waals surface area contributed by atoms with Crippen LogP contribution >= 0.6 is 0 Å². The van der Waals surface area contributed by atoms with E-state index in [0.717, 1.165) is 24.6 Å². The first-order chi connectivity index (χ1) is 9.63. The molecule has 1 saturated heterocycles. The van der Waals surface area contributed by atoms with Gasteiger partial charge in [-0.1, -0.05) is 5.21 Å². The van der Waals surface area contributed by atoms with Gasteiger partial charge in [0.05, 0.1) is 18.8 Å². The maximum atomic E-state index is 12.3. The largest absolute Gasteiger partial charge is 0.464 e. The molecule has 7 heteroatoms. The Labute approximate surface area is 116 Å². The summed E-state index contributed by atoms with van der Waals surface area (Å²) in [5, 5.41) is 11.1. The smallest absolute Gasteiger partial charge is 0.276 e. The molecule has 7 nitrogen and oxygen atoms in total. The molecule has 106 valence electrons. The molecule has 2 aromatic heterocycles. The summed E-state index contributed by atoms with van der Waals surface area (Å²) in [6.45, 7) is 4.05. The molecule has 2 aromatic rings.